The standard InChI is InChI=1S/C19H23N5O3S/c1-6-14(24-12(3)10-11(2)23-24)17(25)20-19-22-21-18(28-19)13-8-7-9-15(26-4)16(13)27-5/h7-10,14H,6H2,1-5H3,(H,20,22,25)/t14-/m1/s1. The highest BCUT2D eigenvalue weighted by Gasteiger charge is 2.23. The van der Waals surface area contributed by atoms with Crippen LogP contribution in [0.15, 0.2) is 24.3 Å². The number of hydrogen-bond acceptors (Lipinski definition) is 7. The summed E-state index contributed by atoms with van der Waals surface area (Å²) in [6.07, 6.45) is 0.614. The molecule has 0 unspecified atom stereocenters. The van der Waals surface area contributed by atoms with E-state index in [2.05, 4.69) is 20.6 Å². The highest BCUT2D eigenvalue weighted by Crippen LogP contribution is 2.39. The summed E-state index contributed by atoms with van der Waals surface area (Å²) in [7, 11) is 3.16. The second-order valence-corrected chi connectivity index (χ2v) is 7.22. The van der Waals surface area contributed by atoms with E-state index in [1.54, 1.807) is 18.9 Å². The molecule has 2 heterocycles. The fraction of sp³-hybridized carbons (Fsp3) is 0.368. The third-order valence-electron chi connectivity index (χ3n) is 4.32. The molecule has 0 spiro atoms. The monoisotopic (exact) mass is 401 g/mol. The van der Waals surface area contributed by atoms with Gasteiger partial charge in [0.05, 0.1) is 25.5 Å². The Kier molecular flexibility index (Phi) is 5.93. The molecule has 1 aromatic carbocycles. The molecule has 28 heavy (non-hydrogen) atoms. The van der Waals surface area contributed by atoms with Gasteiger partial charge in [-0.05, 0) is 38.5 Å². The largest absolute Gasteiger partial charge is 0.493 e. The van der Waals surface area contributed by atoms with Crippen LogP contribution >= 0.6 is 11.3 Å². The average molecular weight is 401 g/mol. The molecule has 0 saturated carbocycles. The fourth-order valence-electron chi connectivity index (χ4n) is 3.06. The second kappa shape index (κ2) is 8.39. The number of carbonyl (C=O) groups excluding carboxylic acids is 1. The van der Waals surface area contributed by atoms with Gasteiger partial charge in [-0.1, -0.05) is 24.3 Å². The number of rotatable bonds is 7. The molecule has 0 bridgehead atoms. The van der Waals surface area contributed by atoms with Crippen molar-refractivity contribution in [3.8, 4) is 22.1 Å². The number of aromatic nitrogens is 4. The summed E-state index contributed by atoms with van der Waals surface area (Å²) in [6, 6.07) is 7.08. The lowest BCUT2D eigenvalue weighted by Crippen LogP contribution is -2.27. The SMILES string of the molecule is CC[C@H](C(=O)Nc1nnc(-c2cccc(OC)c2OC)s1)n1nc(C)cc1C. The zero-order valence-corrected chi connectivity index (χ0v) is 17.3. The first-order chi connectivity index (χ1) is 13.5. The van der Waals surface area contributed by atoms with Gasteiger partial charge < -0.3 is 9.47 Å². The van der Waals surface area contributed by atoms with E-state index in [1.807, 2.05) is 45.0 Å². The second-order valence-electron chi connectivity index (χ2n) is 6.24. The van der Waals surface area contributed by atoms with Crippen LogP contribution in [0.5, 0.6) is 11.5 Å². The highest BCUT2D eigenvalue weighted by atomic mass is 32.1. The van der Waals surface area contributed by atoms with Crippen molar-refractivity contribution in [3.63, 3.8) is 0 Å². The van der Waals surface area contributed by atoms with E-state index in [0.29, 0.717) is 28.1 Å². The minimum absolute atomic E-state index is 0.172. The lowest BCUT2D eigenvalue weighted by atomic mass is 10.2. The molecule has 0 fully saturated rings. The van der Waals surface area contributed by atoms with Crippen LogP contribution < -0.4 is 14.8 Å². The summed E-state index contributed by atoms with van der Waals surface area (Å²) in [4.78, 5) is 12.8. The first kappa shape index (κ1) is 19.8. The molecule has 3 aromatic rings. The van der Waals surface area contributed by atoms with Gasteiger partial charge in [-0.25, -0.2) is 0 Å². The topological polar surface area (TPSA) is 91.2 Å². The van der Waals surface area contributed by atoms with Crippen LogP contribution in [-0.4, -0.2) is 40.1 Å². The van der Waals surface area contributed by atoms with Gasteiger partial charge in [-0.3, -0.25) is 14.8 Å². The van der Waals surface area contributed by atoms with Gasteiger partial charge in [0.1, 0.15) is 6.04 Å². The molecule has 0 saturated heterocycles. The first-order valence-electron chi connectivity index (χ1n) is 8.87. The molecule has 0 radical (unpaired) electrons. The Morgan fingerprint density at radius 2 is 2.04 bits per heavy atom. The molecule has 1 atom stereocenters. The maximum absolute atomic E-state index is 12.8. The summed E-state index contributed by atoms with van der Waals surface area (Å²) < 4.78 is 12.5. The van der Waals surface area contributed by atoms with Gasteiger partial charge in [-0.15, -0.1) is 10.2 Å². The van der Waals surface area contributed by atoms with Crippen molar-refractivity contribution in [2.75, 3.05) is 19.5 Å². The number of methoxy groups -OCH3 is 2. The summed E-state index contributed by atoms with van der Waals surface area (Å²) in [5.74, 6) is 1.01. The zero-order valence-electron chi connectivity index (χ0n) is 16.5. The van der Waals surface area contributed by atoms with E-state index in [0.717, 1.165) is 17.0 Å². The van der Waals surface area contributed by atoms with E-state index in [4.69, 9.17) is 9.47 Å². The number of para-hydroxylation sites is 1. The molecule has 1 N–H and O–H groups in total. The molecule has 8 nitrogen and oxygen atoms in total. The molecule has 148 valence electrons. The molecule has 3 rings (SSSR count). The third-order valence-corrected chi connectivity index (χ3v) is 5.19. The van der Waals surface area contributed by atoms with Crippen LogP contribution in [0.3, 0.4) is 0 Å². The molecular formula is C19H23N5O3S. The molecule has 2 aromatic heterocycles. The number of carbonyl (C=O) groups is 1. The lowest BCUT2D eigenvalue weighted by Gasteiger charge is -2.16. The van der Waals surface area contributed by atoms with E-state index in [1.165, 1.54) is 11.3 Å². The van der Waals surface area contributed by atoms with Crippen LogP contribution in [0.1, 0.15) is 30.8 Å². The summed E-state index contributed by atoms with van der Waals surface area (Å²) >= 11 is 1.28. The average Bonchev–Trinajstić information content (AvgIpc) is 3.27. The van der Waals surface area contributed by atoms with Gasteiger partial charge in [0.25, 0.3) is 5.91 Å². The number of nitrogens with one attached hydrogen (secondary N) is 1. The van der Waals surface area contributed by atoms with E-state index in [9.17, 15) is 4.79 Å². The van der Waals surface area contributed by atoms with Gasteiger partial charge in [0, 0.05) is 5.69 Å². The summed E-state index contributed by atoms with van der Waals surface area (Å²) in [6.45, 7) is 5.80. The van der Waals surface area contributed by atoms with Crippen LogP contribution in [-0.2, 0) is 4.79 Å². The number of benzene rings is 1. The Labute approximate surface area is 167 Å². The first-order valence-corrected chi connectivity index (χ1v) is 9.68. The molecule has 0 aliphatic heterocycles. The fourth-order valence-corrected chi connectivity index (χ4v) is 3.83. The minimum Gasteiger partial charge on any atom is -0.493 e. The maximum Gasteiger partial charge on any atom is 0.251 e. The Morgan fingerprint density at radius 1 is 1.25 bits per heavy atom. The summed E-state index contributed by atoms with van der Waals surface area (Å²) in [5.41, 5.74) is 2.58. The third kappa shape index (κ3) is 3.84. The van der Waals surface area contributed by atoms with Crippen molar-refractivity contribution < 1.29 is 14.3 Å². The molecule has 1 amide bonds. The number of nitrogens with zero attached hydrogens (tertiary/aromatic N) is 4. The van der Waals surface area contributed by atoms with Gasteiger partial charge in [0.15, 0.2) is 16.5 Å². The number of aryl methyl sites for hydroxylation is 2. The van der Waals surface area contributed by atoms with E-state index in [-0.39, 0.29) is 5.91 Å². The van der Waals surface area contributed by atoms with Gasteiger partial charge in [-0.2, -0.15) is 5.10 Å². The minimum atomic E-state index is -0.410. The van der Waals surface area contributed by atoms with E-state index < -0.39 is 6.04 Å². The van der Waals surface area contributed by atoms with Crippen LogP contribution in [0.2, 0.25) is 0 Å². The number of hydrogen-bond donors (Lipinski definition) is 1. The number of anilines is 1. The normalized spacial score (nSPS) is 11.9. The highest BCUT2D eigenvalue weighted by molar-refractivity contribution is 7.18. The molecule has 0 aliphatic rings. The van der Waals surface area contributed by atoms with Crippen molar-refractivity contribution in [3.05, 3.63) is 35.7 Å². The van der Waals surface area contributed by atoms with Gasteiger partial charge in [0.2, 0.25) is 5.13 Å². The predicted octanol–water partition coefficient (Wildman–Crippen LogP) is 3.63. The predicted molar refractivity (Wildman–Crippen MR) is 108 cm³/mol. The van der Waals surface area contributed by atoms with Crippen LogP contribution in [0.25, 0.3) is 10.6 Å². The Hall–Kier alpha value is -2.94. The zero-order chi connectivity index (χ0) is 20.3. The number of ether oxygens (including phenoxy) is 2. The number of amides is 1. The van der Waals surface area contributed by atoms with Crippen molar-refractivity contribution in [2.45, 2.75) is 33.2 Å². The maximum atomic E-state index is 12.8. The van der Waals surface area contributed by atoms with Gasteiger partial charge >= 0.3 is 0 Å². The molecular weight excluding hydrogens is 378 g/mol. The Bertz CT molecular complexity index is 982. The Morgan fingerprint density at radius 3 is 2.64 bits per heavy atom. The van der Waals surface area contributed by atoms with Crippen LogP contribution in [0, 0.1) is 13.8 Å². The van der Waals surface area contributed by atoms with Crippen molar-refractivity contribution in [2.24, 2.45) is 0 Å². The van der Waals surface area contributed by atoms with Crippen LogP contribution in [0.4, 0.5) is 5.13 Å². The quantitative estimate of drug-likeness (QED) is 0.650. The van der Waals surface area contributed by atoms with E-state index >= 15 is 0 Å². The summed E-state index contributed by atoms with van der Waals surface area (Å²) in [5, 5.41) is 16.7. The van der Waals surface area contributed by atoms with Crippen molar-refractivity contribution >= 4 is 22.4 Å². The molecule has 9 heteroatoms. The Balaban J connectivity index is 1.83. The molecule has 0 aliphatic carbocycles. The lowest BCUT2D eigenvalue weighted by molar-refractivity contribution is -0.119. The van der Waals surface area contributed by atoms with Crippen molar-refractivity contribution in [1.82, 2.24) is 20.0 Å². The van der Waals surface area contributed by atoms with Crippen molar-refractivity contribution in [1.29, 1.82) is 0 Å². The smallest absolute Gasteiger partial charge is 0.251 e.